The Morgan fingerprint density at radius 3 is 2.32 bits per heavy atom. The van der Waals surface area contributed by atoms with E-state index in [1.165, 1.54) is 6.20 Å². The van der Waals surface area contributed by atoms with Crippen LogP contribution in [0.2, 0.25) is 0 Å². The summed E-state index contributed by atoms with van der Waals surface area (Å²) in [5.74, 6) is 2.25. The van der Waals surface area contributed by atoms with E-state index in [-0.39, 0.29) is 6.10 Å². The zero-order valence-corrected chi connectivity index (χ0v) is 14.0. The molecule has 3 N–H and O–H groups in total. The van der Waals surface area contributed by atoms with Gasteiger partial charge in [-0.05, 0) is 79.2 Å². The zero-order valence-electron chi connectivity index (χ0n) is 14.0. The fourth-order valence-corrected chi connectivity index (χ4v) is 2.60. The van der Waals surface area contributed by atoms with Crippen molar-refractivity contribution in [2.75, 3.05) is 13.2 Å². The molecule has 1 atom stereocenters. The number of ether oxygens (including phenoxy) is 3. The van der Waals surface area contributed by atoms with Gasteiger partial charge in [-0.2, -0.15) is 0 Å². The minimum Gasteiger partial charge on any atom is -0.491 e. The lowest BCUT2D eigenvalue weighted by atomic mass is 10.1. The Kier molecular flexibility index (Phi) is 5.69. The molecule has 130 valence electrons. The van der Waals surface area contributed by atoms with Crippen molar-refractivity contribution >= 4 is 5.71 Å². The number of hydrogen-bond donors (Lipinski definition) is 2. The summed E-state index contributed by atoms with van der Waals surface area (Å²) >= 11 is 0. The van der Waals surface area contributed by atoms with Crippen molar-refractivity contribution in [3.05, 3.63) is 66.4 Å². The molecule has 0 spiro atoms. The molecule has 1 unspecified atom stereocenters. The molecule has 0 radical (unpaired) electrons. The molecule has 2 aromatic carbocycles. The quantitative estimate of drug-likeness (QED) is 0.751. The van der Waals surface area contributed by atoms with Crippen LogP contribution < -0.4 is 15.2 Å². The van der Waals surface area contributed by atoms with Gasteiger partial charge in [-0.3, -0.25) is 0 Å². The molecule has 0 saturated carbocycles. The molecule has 5 heteroatoms. The summed E-state index contributed by atoms with van der Waals surface area (Å²) in [6, 6.07) is 14.8. The Morgan fingerprint density at radius 1 is 1.08 bits per heavy atom. The van der Waals surface area contributed by atoms with E-state index in [0.717, 1.165) is 36.5 Å². The summed E-state index contributed by atoms with van der Waals surface area (Å²) in [4.78, 5) is 0. The van der Waals surface area contributed by atoms with Crippen molar-refractivity contribution in [2.24, 2.45) is 5.73 Å². The van der Waals surface area contributed by atoms with Crippen LogP contribution in [-0.4, -0.2) is 25.0 Å². The number of allylic oxidation sites excluding steroid dienone is 1. The summed E-state index contributed by atoms with van der Waals surface area (Å²) in [5, 5.41) is 7.82. The van der Waals surface area contributed by atoms with Crippen LogP contribution in [0.15, 0.2) is 60.8 Å². The van der Waals surface area contributed by atoms with Crippen LogP contribution >= 0.6 is 0 Å². The van der Waals surface area contributed by atoms with E-state index in [9.17, 15) is 0 Å². The monoisotopic (exact) mass is 338 g/mol. The number of nitrogens with two attached hydrogens (primary N) is 1. The highest BCUT2D eigenvalue weighted by atomic mass is 16.5. The van der Waals surface area contributed by atoms with Crippen LogP contribution in [0.3, 0.4) is 0 Å². The minimum atomic E-state index is 0.210. The molecule has 0 amide bonds. The molecular formula is C20H22N2O3. The SMILES string of the molecule is N=C(C=CN)c1ccc(Oc2ccc(OCC3CCCO3)cc2)cc1. The molecule has 3 rings (SSSR count). The maximum atomic E-state index is 7.82. The Bertz CT molecular complexity index is 718. The molecule has 0 bridgehead atoms. The van der Waals surface area contributed by atoms with Crippen LogP contribution in [0.4, 0.5) is 0 Å². The van der Waals surface area contributed by atoms with E-state index in [4.69, 9.17) is 25.4 Å². The molecule has 1 heterocycles. The van der Waals surface area contributed by atoms with Gasteiger partial charge in [0, 0.05) is 6.61 Å². The second-order valence-electron chi connectivity index (χ2n) is 5.82. The van der Waals surface area contributed by atoms with Crippen molar-refractivity contribution in [3.8, 4) is 17.2 Å². The average molecular weight is 338 g/mol. The van der Waals surface area contributed by atoms with Gasteiger partial charge in [0.05, 0.1) is 11.8 Å². The predicted octanol–water partition coefficient (Wildman–Crippen LogP) is 3.88. The first-order valence-corrected chi connectivity index (χ1v) is 8.34. The van der Waals surface area contributed by atoms with Gasteiger partial charge in [0.15, 0.2) is 0 Å². The maximum absolute atomic E-state index is 7.82. The normalized spacial score (nSPS) is 16.9. The average Bonchev–Trinajstić information content (AvgIpc) is 3.15. The van der Waals surface area contributed by atoms with Crippen LogP contribution in [0.25, 0.3) is 0 Å². The van der Waals surface area contributed by atoms with Gasteiger partial charge in [-0.15, -0.1) is 0 Å². The van der Waals surface area contributed by atoms with Crippen molar-refractivity contribution in [1.29, 1.82) is 5.41 Å². The molecule has 0 aromatic heterocycles. The molecule has 5 nitrogen and oxygen atoms in total. The molecule has 1 aliphatic heterocycles. The van der Waals surface area contributed by atoms with Crippen molar-refractivity contribution in [1.82, 2.24) is 0 Å². The maximum Gasteiger partial charge on any atom is 0.127 e. The van der Waals surface area contributed by atoms with Gasteiger partial charge in [0.1, 0.15) is 23.9 Å². The minimum absolute atomic E-state index is 0.210. The second kappa shape index (κ2) is 8.35. The second-order valence-corrected chi connectivity index (χ2v) is 5.82. The number of nitrogens with one attached hydrogen (secondary N) is 1. The van der Waals surface area contributed by atoms with Crippen molar-refractivity contribution in [3.63, 3.8) is 0 Å². The summed E-state index contributed by atoms with van der Waals surface area (Å²) in [6.07, 6.45) is 5.29. The summed E-state index contributed by atoms with van der Waals surface area (Å²) in [7, 11) is 0. The third-order valence-corrected chi connectivity index (χ3v) is 3.95. The van der Waals surface area contributed by atoms with Crippen molar-refractivity contribution < 1.29 is 14.2 Å². The highest BCUT2D eigenvalue weighted by Gasteiger charge is 2.15. The molecular weight excluding hydrogens is 316 g/mol. The highest BCUT2D eigenvalue weighted by molar-refractivity contribution is 6.06. The van der Waals surface area contributed by atoms with Crippen LogP contribution in [0, 0.1) is 5.41 Å². The Balaban J connectivity index is 1.54. The lowest BCUT2D eigenvalue weighted by Gasteiger charge is -2.12. The summed E-state index contributed by atoms with van der Waals surface area (Å²) < 4.78 is 17.1. The van der Waals surface area contributed by atoms with E-state index < -0.39 is 0 Å². The van der Waals surface area contributed by atoms with Crippen LogP contribution in [-0.2, 0) is 4.74 Å². The van der Waals surface area contributed by atoms with Crippen LogP contribution in [0.5, 0.6) is 17.2 Å². The van der Waals surface area contributed by atoms with Gasteiger partial charge in [0.2, 0.25) is 0 Å². The number of benzene rings is 2. The first kappa shape index (κ1) is 17.0. The Hall–Kier alpha value is -2.79. The van der Waals surface area contributed by atoms with E-state index in [1.807, 2.05) is 48.5 Å². The highest BCUT2D eigenvalue weighted by Crippen LogP contribution is 2.25. The third-order valence-electron chi connectivity index (χ3n) is 3.95. The summed E-state index contributed by atoms with van der Waals surface area (Å²) in [6.45, 7) is 1.42. The molecule has 1 saturated heterocycles. The van der Waals surface area contributed by atoms with Gasteiger partial charge >= 0.3 is 0 Å². The fourth-order valence-electron chi connectivity index (χ4n) is 2.60. The van der Waals surface area contributed by atoms with E-state index in [0.29, 0.717) is 18.1 Å². The van der Waals surface area contributed by atoms with Crippen LogP contribution in [0.1, 0.15) is 18.4 Å². The van der Waals surface area contributed by atoms with Gasteiger partial charge in [-0.1, -0.05) is 0 Å². The largest absolute Gasteiger partial charge is 0.491 e. The first-order chi connectivity index (χ1) is 12.2. The molecule has 25 heavy (non-hydrogen) atoms. The van der Waals surface area contributed by atoms with E-state index >= 15 is 0 Å². The third kappa shape index (κ3) is 4.84. The molecule has 2 aromatic rings. The number of rotatable bonds is 7. The molecule has 1 aliphatic rings. The fraction of sp³-hybridized carbons (Fsp3) is 0.250. The van der Waals surface area contributed by atoms with Gasteiger partial charge < -0.3 is 25.4 Å². The predicted molar refractivity (Wildman–Crippen MR) is 97.6 cm³/mol. The standard InChI is InChI=1S/C20H22N2O3/c21-12-11-20(22)15-3-5-17(6-4-15)25-18-9-7-16(8-10-18)24-14-19-2-1-13-23-19/h3-12,19,22H,1-2,13-14,21H2. The summed E-state index contributed by atoms with van der Waals surface area (Å²) in [5.41, 5.74) is 6.45. The topological polar surface area (TPSA) is 77.6 Å². The Labute approximate surface area is 147 Å². The Morgan fingerprint density at radius 2 is 1.72 bits per heavy atom. The first-order valence-electron chi connectivity index (χ1n) is 8.34. The van der Waals surface area contributed by atoms with Gasteiger partial charge in [0.25, 0.3) is 0 Å². The smallest absolute Gasteiger partial charge is 0.127 e. The zero-order chi connectivity index (χ0) is 17.5. The van der Waals surface area contributed by atoms with Gasteiger partial charge in [-0.25, -0.2) is 0 Å². The van der Waals surface area contributed by atoms with E-state index in [1.54, 1.807) is 6.08 Å². The molecule has 1 fully saturated rings. The van der Waals surface area contributed by atoms with E-state index in [2.05, 4.69) is 0 Å². The lowest BCUT2D eigenvalue weighted by molar-refractivity contribution is 0.0679. The number of hydrogen-bond acceptors (Lipinski definition) is 5. The lowest BCUT2D eigenvalue weighted by Crippen LogP contribution is -2.16. The molecule has 0 aliphatic carbocycles. The van der Waals surface area contributed by atoms with Crippen molar-refractivity contribution in [2.45, 2.75) is 18.9 Å².